The first-order valence-corrected chi connectivity index (χ1v) is 5.57. The Bertz CT molecular complexity index is 289. The van der Waals surface area contributed by atoms with E-state index in [0.29, 0.717) is 19.8 Å². The minimum absolute atomic E-state index is 0.189. The Hall–Kier alpha value is -0.910. The van der Waals surface area contributed by atoms with Crippen molar-refractivity contribution in [3.63, 3.8) is 0 Å². The first-order valence-electron chi connectivity index (χ1n) is 5.57. The zero-order valence-corrected chi connectivity index (χ0v) is 10.3. The molecule has 92 valence electrons. The summed E-state index contributed by atoms with van der Waals surface area (Å²) in [6.45, 7) is 4.87. The third-order valence-electron chi connectivity index (χ3n) is 2.38. The standard InChI is InChI=1S/C11H21N3O2/c1-4-12-10(9-16-8-7-15-3)11-5-6-13-14(11)2/h5-6,10,12H,4,7-9H2,1-3H3. The highest BCUT2D eigenvalue weighted by molar-refractivity contribution is 5.06. The highest BCUT2D eigenvalue weighted by Crippen LogP contribution is 2.11. The van der Waals surface area contributed by atoms with E-state index in [2.05, 4.69) is 17.3 Å². The largest absolute Gasteiger partial charge is 0.382 e. The van der Waals surface area contributed by atoms with Crippen LogP contribution in [0.15, 0.2) is 12.3 Å². The Kier molecular flexibility index (Phi) is 6.07. The Morgan fingerprint density at radius 3 is 2.88 bits per heavy atom. The van der Waals surface area contributed by atoms with Crippen LogP contribution in [0.5, 0.6) is 0 Å². The van der Waals surface area contributed by atoms with Gasteiger partial charge in [0.05, 0.1) is 31.6 Å². The van der Waals surface area contributed by atoms with E-state index in [-0.39, 0.29) is 6.04 Å². The molecular weight excluding hydrogens is 206 g/mol. The Balaban J connectivity index is 2.45. The van der Waals surface area contributed by atoms with Crippen molar-refractivity contribution in [1.82, 2.24) is 15.1 Å². The van der Waals surface area contributed by atoms with Crippen LogP contribution in [-0.4, -0.2) is 43.3 Å². The van der Waals surface area contributed by atoms with Crippen LogP contribution in [0.4, 0.5) is 0 Å². The monoisotopic (exact) mass is 227 g/mol. The number of aromatic nitrogens is 2. The second-order valence-corrected chi connectivity index (χ2v) is 3.56. The molecule has 1 aromatic rings. The number of rotatable bonds is 8. The lowest BCUT2D eigenvalue weighted by molar-refractivity contribution is 0.0577. The van der Waals surface area contributed by atoms with Gasteiger partial charge in [0.15, 0.2) is 0 Å². The fraction of sp³-hybridized carbons (Fsp3) is 0.727. The smallest absolute Gasteiger partial charge is 0.0729 e. The molecule has 0 saturated heterocycles. The van der Waals surface area contributed by atoms with Gasteiger partial charge in [-0.2, -0.15) is 5.10 Å². The van der Waals surface area contributed by atoms with Gasteiger partial charge in [-0.05, 0) is 12.6 Å². The van der Waals surface area contributed by atoms with Gasteiger partial charge in [-0.3, -0.25) is 4.68 Å². The van der Waals surface area contributed by atoms with E-state index < -0.39 is 0 Å². The summed E-state index contributed by atoms with van der Waals surface area (Å²) in [7, 11) is 3.61. The van der Waals surface area contributed by atoms with Crippen LogP contribution in [-0.2, 0) is 16.5 Å². The van der Waals surface area contributed by atoms with Gasteiger partial charge in [0, 0.05) is 20.4 Å². The zero-order chi connectivity index (χ0) is 11.8. The molecule has 1 unspecified atom stereocenters. The Morgan fingerprint density at radius 1 is 1.50 bits per heavy atom. The molecule has 0 fully saturated rings. The maximum absolute atomic E-state index is 5.54. The van der Waals surface area contributed by atoms with E-state index >= 15 is 0 Å². The quantitative estimate of drug-likeness (QED) is 0.665. The van der Waals surface area contributed by atoms with E-state index in [1.807, 2.05) is 17.8 Å². The fourth-order valence-corrected chi connectivity index (χ4v) is 1.56. The molecule has 16 heavy (non-hydrogen) atoms. The molecule has 0 aliphatic heterocycles. The maximum Gasteiger partial charge on any atom is 0.0729 e. The molecule has 0 aliphatic carbocycles. The van der Waals surface area contributed by atoms with Gasteiger partial charge in [-0.15, -0.1) is 0 Å². The number of hydrogen-bond acceptors (Lipinski definition) is 4. The number of nitrogens with zero attached hydrogens (tertiary/aromatic N) is 2. The van der Waals surface area contributed by atoms with Crippen molar-refractivity contribution < 1.29 is 9.47 Å². The Morgan fingerprint density at radius 2 is 2.31 bits per heavy atom. The van der Waals surface area contributed by atoms with Gasteiger partial charge in [0.1, 0.15) is 0 Å². The summed E-state index contributed by atoms with van der Waals surface area (Å²) in [6, 6.07) is 2.20. The fourth-order valence-electron chi connectivity index (χ4n) is 1.56. The predicted octanol–water partition coefficient (Wildman–Crippen LogP) is 0.734. The van der Waals surface area contributed by atoms with Crippen LogP contribution in [0.25, 0.3) is 0 Å². The molecule has 0 radical (unpaired) electrons. The van der Waals surface area contributed by atoms with Crippen molar-refractivity contribution in [2.24, 2.45) is 7.05 Å². The average Bonchev–Trinajstić information content (AvgIpc) is 2.69. The number of likely N-dealkylation sites (N-methyl/N-ethyl adjacent to an activating group) is 1. The van der Waals surface area contributed by atoms with Crippen molar-refractivity contribution in [2.75, 3.05) is 33.5 Å². The summed E-state index contributed by atoms with van der Waals surface area (Å²) in [5, 5.41) is 7.54. The van der Waals surface area contributed by atoms with Crippen LogP contribution in [0, 0.1) is 0 Å². The lowest BCUT2D eigenvalue weighted by Crippen LogP contribution is -2.27. The van der Waals surface area contributed by atoms with Gasteiger partial charge in [0.25, 0.3) is 0 Å². The second kappa shape index (κ2) is 7.38. The van der Waals surface area contributed by atoms with Crippen LogP contribution in [0.1, 0.15) is 18.7 Å². The molecular formula is C11H21N3O2. The lowest BCUT2D eigenvalue weighted by Gasteiger charge is -2.18. The minimum Gasteiger partial charge on any atom is -0.382 e. The van der Waals surface area contributed by atoms with E-state index in [1.165, 1.54) is 0 Å². The molecule has 1 N–H and O–H groups in total. The van der Waals surface area contributed by atoms with E-state index in [4.69, 9.17) is 9.47 Å². The summed E-state index contributed by atoms with van der Waals surface area (Å²) in [6.07, 6.45) is 1.80. The molecule has 1 aromatic heterocycles. The van der Waals surface area contributed by atoms with Crippen LogP contribution < -0.4 is 5.32 Å². The van der Waals surface area contributed by atoms with Crippen LogP contribution >= 0.6 is 0 Å². The normalized spacial score (nSPS) is 12.9. The number of aryl methyl sites for hydroxylation is 1. The van der Waals surface area contributed by atoms with Gasteiger partial charge in [-0.25, -0.2) is 0 Å². The second-order valence-electron chi connectivity index (χ2n) is 3.56. The van der Waals surface area contributed by atoms with Gasteiger partial charge >= 0.3 is 0 Å². The summed E-state index contributed by atoms with van der Waals surface area (Å²) in [5.74, 6) is 0. The molecule has 0 aromatic carbocycles. The topological polar surface area (TPSA) is 48.3 Å². The van der Waals surface area contributed by atoms with Gasteiger partial charge in [-0.1, -0.05) is 6.92 Å². The summed E-state index contributed by atoms with van der Waals surface area (Å²) in [5.41, 5.74) is 1.14. The molecule has 5 heteroatoms. The van der Waals surface area contributed by atoms with Gasteiger partial charge < -0.3 is 14.8 Å². The highest BCUT2D eigenvalue weighted by Gasteiger charge is 2.13. The van der Waals surface area contributed by atoms with Crippen molar-refractivity contribution in [1.29, 1.82) is 0 Å². The molecule has 5 nitrogen and oxygen atoms in total. The summed E-state index contributed by atoms with van der Waals surface area (Å²) in [4.78, 5) is 0. The maximum atomic E-state index is 5.54. The summed E-state index contributed by atoms with van der Waals surface area (Å²) >= 11 is 0. The van der Waals surface area contributed by atoms with Crippen molar-refractivity contribution >= 4 is 0 Å². The van der Waals surface area contributed by atoms with Crippen LogP contribution in [0.3, 0.4) is 0 Å². The number of nitrogens with one attached hydrogen (secondary N) is 1. The summed E-state index contributed by atoms with van der Waals surface area (Å²) < 4.78 is 12.3. The molecule has 1 atom stereocenters. The average molecular weight is 227 g/mol. The van der Waals surface area contributed by atoms with Crippen LogP contribution in [0.2, 0.25) is 0 Å². The van der Waals surface area contributed by atoms with Gasteiger partial charge in [0.2, 0.25) is 0 Å². The SMILES string of the molecule is CCNC(COCCOC)c1ccnn1C. The molecule has 0 saturated carbocycles. The van der Waals surface area contributed by atoms with E-state index in [1.54, 1.807) is 13.3 Å². The van der Waals surface area contributed by atoms with Crippen molar-refractivity contribution in [3.05, 3.63) is 18.0 Å². The van der Waals surface area contributed by atoms with E-state index in [9.17, 15) is 0 Å². The number of methoxy groups -OCH3 is 1. The highest BCUT2D eigenvalue weighted by atomic mass is 16.5. The number of ether oxygens (including phenoxy) is 2. The first-order chi connectivity index (χ1) is 7.79. The molecule has 1 heterocycles. The van der Waals surface area contributed by atoms with E-state index in [0.717, 1.165) is 12.2 Å². The third kappa shape index (κ3) is 3.92. The molecule has 0 bridgehead atoms. The predicted molar refractivity (Wildman–Crippen MR) is 62.3 cm³/mol. The lowest BCUT2D eigenvalue weighted by atomic mass is 10.2. The molecule has 1 rings (SSSR count). The zero-order valence-electron chi connectivity index (χ0n) is 10.3. The first kappa shape index (κ1) is 13.2. The third-order valence-corrected chi connectivity index (χ3v) is 2.38. The molecule has 0 spiro atoms. The number of hydrogen-bond donors (Lipinski definition) is 1. The Labute approximate surface area is 96.7 Å². The molecule has 0 amide bonds. The minimum atomic E-state index is 0.189. The molecule has 0 aliphatic rings. The van der Waals surface area contributed by atoms with Crippen molar-refractivity contribution in [3.8, 4) is 0 Å². The van der Waals surface area contributed by atoms with Crippen molar-refractivity contribution in [2.45, 2.75) is 13.0 Å².